The largest absolute Gasteiger partial charge is 0.355 e. The number of sulfonamides is 1. The van der Waals surface area contributed by atoms with Gasteiger partial charge in [-0.2, -0.15) is 0 Å². The lowest BCUT2D eigenvalue weighted by atomic mass is 10.1. The second-order valence-corrected chi connectivity index (χ2v) is 11.2. The van der Waals surface area contributed by atoms with Gasteiger partial charge in [-0.15, -0.1) is 0 Å². The highest BCUT2D eigenvalue weighted by Gasteiger charge is 2.32. The van der Waals surface area contributed by atoms with Gasteiger partial charge in [0, 0.05) is 22.6 Å². The van der Waals surface area contributed by atoms with Crippen molar-refractivity contribution in [2.24, 2.45) is 0 Å². The SMILES string of the molecule is CCNC(=O)C(C)N(Cc1ccccc1Cl)C(=O)CN(c1ccc(Br)cc1)S(=O)(=O)c1ccccc1. The highest BCUT2D eigenvalue weighted by Crippen LogP contribution is 2.26. The van der Waals surface area contributed by atoms with Crippen molar-refractivity contribution in [3.8, 4) is 0 Å². The number of benzene rings is 3. The number of anilines is 1. The molecule has 0 heterocycles. The zero-order chi connectivity index (χ0) is 26.3. The third-order valence-corrected chi connectivity index (χ3v) is 8.23. The number of hydrogen-bond acceptors (Lipinski definition) is 4. The molecule has 0 aliphatic rings. The molecule has 10 heteroatoms. The molecule has 0 saturated carbocycles. The molecule has 7 nitrogen and oxygen atoms in total. The molecule has 0 radical (unpaired) electrons. The van der Waals surface area contributed by atoms with Gasteiger partial charge >= 0.3 is 0 Å². The van der Waals surface area contributed by atoms with Gasteiger partial charge in [0.2, 0.25) is 11.8 Å². The Kier molecular flexibility index (Phi) is 9.53. The first-order valence-corrected chi connectivity index (χ1v) is 13.9. The van der Waals surface area contributed by atoms with Gasteiger partial charge in [-0.3, -0.25) is 13.9 Å². The third kappa shape index (κ3) is 6.66. The van der Waals surface area contributed by atoms with Crippen LogP contribution in [0, 0.1) is 0 Å². The van der Waals surface area contributed by atoms with E-state index in [0.717, 1.165) is 8.78 Å². The molecule has 2 amide bonds. The molecule has 0 aliphatic carbocycles. The van der Waals surface area contributed by atoms with Gasteiger partial charge in [0.25, 0.3) is 10.0 Å². The summed E-state index contributed by atoms with van der Waals surface area (Å²) in [5.41, 5.74) is 0.962. The fraction of sp³-hybridized carbons (Fsp3) is 0.231. The van der Waals surface area contributed by atoms with Crippen molar-refractivity contribution < 1.29 is 18.0 Å². The summed E-state index contributed by atoms with van der Waals surface area (Å²) in [6.45, 7) is 3.32. The number of amides is 2. The number of halogens is 2. The Hall–Kier alpha value is -2.88. The lowest BCUT2D eigenvalue weighted by Crippen LogP contribution is -2.51. The number of nitrogens with zero attached hydrogens (tertiary/aromatic N) is 2. The Morgan fingerprint density at radius 3 is 2.19 bits per heavy atom. The first-order valence-electron chi connectivity index (χ1n) is 11.3. The van der Waals surface area contributed by atoms with Gasteiger partial charge in [0.05, 0.1) is 10.6 Å². The monoisotopic (exact) mass is 591 g/mol. The lowest BCUT2D eigenvalue weighted by Gasteiger charge is -2.32. The van der Waals surface area contributed by atoms with E-state index in [2.05, 4.69) is 21.2 Å². The van der Waals surface area contributed by atoms with Crippen LogP contribution >= 0.6 is 27.5 Å². The average Bonchev–Trinajstić information content (AvgIpc) is 2.87. The van der Waals surface area contributed by atoms with Gasteiger partial charge in [-0.25, -0.2) is 8.42 Å². The highest BCUT2D eigenvalue weighted by molar-refractivity contribution is 9.10. The smallest absolute Gasteiger partial charge is 0.264 e. The number of hydrogen-bond donors (Lipinski definition) is 1. The molecule has 0 aromatic heterocycles. The summed E-state index contributed by atoms with van der Waals surface area (Å²) in [6.07, 6.45) is 0. The minimum atomic E-state index is -4.09. The van der Waals surface area contributed by atoms with E-state index >= 15 is 0 Å². The molecule has 3 aromatic carbocycles. The summed E-state index contributed by atoms with van der Waals surface area (Å²) < 4.78 is 29.1. The van der Waals surface area contributed by atoms with Gasteiger partial charge < -0.3 is 10.2 Å². The molecule has 3 aromatic rings. The van der Waals surface area contributed by atoms with Crippen LogP contribution < -0.4 is 9.62 Å². The van der Waals surface area contributed by atoms with Gasteiger partial charge in [0.15, 0.2) is 0 Å². The predicted molar refractivity (Wildman–Crippen MR) is 145 cm³/mol. The minimum Gasteiger partial charge on any atom is -0.355 e. The van der Waals surface area contributed by atoms with Crippen LogP contribution in [0.3, 0.4) is 0 Å². The predicted octanol–water partition coefficient (Wildman–Crippen LogP) is 4.85. The van der Waals surface area contributed by atoms with Crippen LogP contribution in [0.1, 0.15) is 19.4 Å². The average molecular weight is 593 g/mol. The molecule has 1 unspecified atom stereocenters. The second-order valence-electron chi connectivity index (χ2n) is 7.98. The summed E-state index contributed by atoms with van der Waals surface area (Å²) in [7, 11) is -4.09. The zero-order valence-corrected chi connectivity index (χ0v) is 23.1. The summed E-state index contributed by atoms with van der Waals surface area (Å²) in [5.74, 6) is -0.893. The molecule has 0 aliphatic heterocycles. The number of likely N-dealkylation sites (N-methyl/N-ethyl adjacent to an activating group) is 1. The molecule has 1 N–H and O–H groups in total. The van der Waals surface area contributed by atoms with Gasteiger partial charge in [-0.1, -0.05) is 63.9 Å². The zero-order valence-electron chi connectivity index (χ0n) is 19.9. The molecule has 0 fully saturated rings. The van der Waals surface area contributed by atoms with E-state index in [1.165, 1.54) is 17.0 Å². The molecule has 190 valence electrons. The molecule has 36 heavy (non-hydrogen) atoms. The number of nitrogens with one attached hydrogen (secondary N) is 1. The van der Waals surface area contributed by atoms with Crippen LogP contribution in [-0.4, -0.2) is 44.3 Å². The molecule has 1 atom stereocenters. The van der Waals surface area contributed by atoms with E-state index in [9.17, 15) is 18.0 Å². The maximum atomic E-state index is 13.7. The van der Waals surface area contributed by atoms with Gasteiger partial charge in [-0.05, 0) is 61.9 Å². The Labute approximate surface area is 225 Å². The van der Waals surface area contributed by atoms with E-state index in [-0.39, 0.29) is 17.3 Å². The van der Waals surface area contributed by atoms with Crippen molar-refractivity contribution in [3.05, 3.63) is 93.9 Å². The number of carbonyl (C=O) groups excluding carboxylic acids is 2. The standard InChI is InChI=1S/C26H27BrClN3O4S/c1-3-29-26(33)19(2)30(17-20-9-7-8-12-24(20)28)25(32)18-31(22-15-13-21(27)14-16-22)36(34,35)23-10-5-4-6-11-23/h4-16,19H,3,17-18H2,1-2H3,(H,29,33). The van der Waals surface area contributed by atoms with Crippen molar-refractivity contribution >= 4 is 55.1 Å². The summed E-state index contributed by atoms with van der Waals surface area (Å²) >= 11 is 9.70. The highest BCUT2D eigenvalue weighted by atomic mass is 79.9. The van der Waals surface area contributed by atoms with Crippen molar-refractivity contribution in [3.63, 3.8) is 0 Å². The van der Waals surface area contributed by atoms with Crippen LogP contribution in [0.5, 0.6) is 0 Å². The Morgan fingerprint density at radius 2 is 1.58 bits per heavy atom. The van der Waals surface area contributed by atoms with E-state index in [0.29, 0.717) is 22.8 Å². The molecule has 3 rings (SSSR count). The quantitative estimate of drug-likeness (QED) is 0.365. The topological polar surface area (TPSA) is 86.8 Å². The fourth-order valence-electron chi connectivity index (χ4n) is 3.57. The summed E-state index contributed by atoms with van der Waals surface area (Å²) in [5, 5.41) is 3.17. The fourth-order valence-corrected chi connectivity index (χ4v) is 5.47. The number of rotatable bonds is 10. The van der Waals surface area contributed by atoms with E-state index in [1.807, 2.05) is 0 Å². The summed E-state index contributed by atoms with van der Waals surface area (Å²) in [4.78, 5) is 27.8. The van der Waals surface area contributed by atoms with Crippen LogP contribution in [0.2, 0.25) is 5.02 Å². The van der Waals surface area contributed by atoms with E-state index in [1.54, 1.807) is 80.6 Å². The maximum Gasteiger partial charge on any atom is 0.264 e. The van der Waals surface area contributed by atoms with Crippen LogP contribution in [-0.2, 0) is 26.2 Å². The molecular formula is C26H27BrClN3O4S. The second kappa shape index (κ2) is 12.4. The molecular weight excluding hydrogens is 566 g/mol. The maximum absolute atomic E-state index is 13.7. The Morgan fingerprint density at radius 1 is 0.972 bits per heavy atom. The number of carbonyl (C=O) groups is 2. The molecule has 0 saturated heterocycles. The lowest BCUT2D eigenvalue weighted by molar-refractivity contribution is -0.139. The van der Waals surface area contributed by atoms with Crippen molar-refractivity contribution in [2.45, 2.75) is 31.3 Å². The Bertz CT molecular complexity index is 1300. The Balaban J connectivity index is 2.02. The molecule has 0 spiro atoms. The van der Waals surface area contributed by atoms with Crippen LogP contribution in [0.4, 0.5) is 5.69 Å². The summed E-state index contributed by atoms with van der Waals surface area (Å²) in [6, 6.07) is 20.7. The van der Waals surface area contributed by atoms with Crippen LogP contribution in [0.25, 0.3) is 0 Å². The van der Waals surface area contributed by atoms with E-state index < -0.39 is 28.5 Å². The molecule has 0 bridgehead atoms. The third-order valence-electron chi connectivity index (χ3n) is 5.54. The van der Waals surface area contributed by atoms with E-state index in [4.69, 9.17) is 11.6 Å². The van der Waals surface area contributed by atoms with Gasteiger partial charge in [0.1, 0.15) is 12.6 Å². The normalized spacial score (nSPS) is 12.0. The minimum absolute atomic E-state index is 0.0381. The van der Waals surface area contributed by atoms with Crippen molar-refractivity contribution in [1.82, 2.24) is 10.2 Å². The van der Waals surface area contributed by atoms with Crippen molar-refractivity contribution in [2.75, 3.05) is 17.4 Å². The first kappa shape index (κ1) is 27.7. The first-order chi connectivity index (χ1) is 17.1. The van der Waals surface area contributed by atoms with Crippen LogP contribution in [0.15, 0.2) is 88.2 Å². The van der Waals surface area contributed by atoms with Crippen molar-refractivity contribution in [1.29, 1.82) is 0 Å².